The molecular weight excluding hydrogens is 322 g/mol. The summed E-state index contributed by atoms with van der Waals surface area (Å²) in [6.45, 7) is -0.281. The molecule has 0 spiro atoms. The first kappa shape index (κ1) is 17.0. The SMILES string of the molecule is O=C(CSC[C@H](O)CO)N1c2ccccc2CCc2ccccc21. The molecule has 0 bridgehead atoms. The summed E-state index contributed by atoms with van der Waals surface area (Å²) in [6, 6.07) is 16.0. The molecule has 2 aromatic rings. The average Bonchev–Trinajstić information content (AvgIpc) is 2.78. The Morgan fingerprint density at radius 2 is 1.58 bits per heavy atom. The Hall–Kier alpha value is -1.82. The van der Waals surface area contributed by atoms with Crippen molar-refractivity contribution in [1.82, 2.24) is 0 Å². The van der Waals surface area contributed by atoms with Gasteiger partial charge in [0, 0.05) is 5.75 Å². The minimum absolute atomic E-state index is 0.00746. The molecule has 126 valence electrons. The molecule has 4 nitrogen and oxygen atoms in total. The quantitative estimate of drug-likeness (QED) is 0.876. The van der Waals surface area contributed by atoms with Crippen LogP contribution in [0, 0.1) is 0 Å². The largest absolute Gasteiger partial charge is 0.394 e. The molecule has 5 heteroatoms. The predicted octanol–water partition coefficient (Wildman–Crippen LogP) is 2.54. The highest BCUT2D eigenvalue weighted by Crippen LogP contribution is 2.36. The number of thioether (sulfide) groups is 1. The second-order valence-electron chi connectivity index (χ2n) is 5.84. The maximum Gasteiger partial charge on any atom is 0.241 e. The zero-order valence-electron chi connectivity index (χ0n) is 13.4. The summed E-state index contributed by atoms with van der Waals surface area (Å²) >= 11 is 1.34. The Labute approximate surface area is 146 Å². The number of aliphatic hydroxyl groups is 2. The molecule has 0 radical (unpaired) electrons. The number of anilines is 2. The van der Waals surface area contributed by atoms with Gasteiger partial charge in [-0.2, -0.15) is 0 Å². The number of carbonyl (C=O) groups is 1. The van der Waals surface area contributed by atoms with Crippen molar-refractivity contribution >= 4 is 29.0 Å². The van der Waals surface area contributed by atoms with Crippen molar-refractivity contribution in [2.24, 2.45) is 0 Å². The van der Waals surface area contributed by atoms with E-state index in [1.807, 2.05) is 36.4 Å². The van der Waals surface area contributed by atoms with Crippen LogP contribution < -0.4 is 4.90 Å². The number of para-hydroxylation sites is 2. The van der Waals surface area contributed by atoms with Gasteiger partial charge >= 0.3 is 0 Å². The number of rotatable bonds is 5. The normalized spacial score (nSPS) is 14.5. The Kier molecular flexibility index (Phi) is 5.56. The van der Waals surface area contributed by atoms with E-state index >= 15 is 0 Å². The van der Waals surface area contributed by atoms with Crippen LogP contribution in [0.15, 0.2) is 48.5 Å². The molecule has 0 aromatic heterocycles. The number of fused-ring (bicyclic) bond motifs is 2. The summed E-state index contributed by atoms with van der Waals surface area (Å²) in [7, 11) is 0. The van der Waals surface area contributed by atoms with E-state index in [0.717, 1.165) is 24.2 Å². The lowest BCUT2D eigenvalue weighted by Gasteiger charge is -2.25. The van der Waals surface area contributed by atoms with E-state index in [1.54, 1.807) is 4.90 Å². The zero-order valence-corrected chi connectivity index (χ0v) is 14.2. The molecule has 1 aliphatic heterocycles. The van der Waals surface area contributed by atoms with Gasteiger partial charge in [0.05, 0.1) is 29.8 Å². The van der Waals surface area contributed by atoms with E-state index in [1.165, 1.54) is 22.9 Å². The van der Waals surface area contributed by atoms with Crippen LogP contribution in [-0.4, -0.2) is 40.3 Å². The highest BCUT2D eigenvalue weighted by Gasteiger charge is 2.25. The monoisotopic (exact) mass is 343 g/mol. The summed E-state index contributed by atoms with van der Waals surface area (Å²) in [4.78, 5) is 14.7. The van der Waals surface area contributed by atoms with Gasteiger partial charge in [-0.05, 0) is 36.1 Å². The molecular formula is C19H21NO3S. The van der Waals surface area contributed by atoms with Gasteiger partial charge in [0.1, 0.15) is 0 Å². The Morgan fingerprint density at radius 3 is 2.12 bits per heavy atom. The van der Waals surface area contributed by atoms with E-state index in [0.29, 0.717) is 5.75 Å². The molecule has 1 atom stereocenters. The van der Waals surface area contributed by atoms with Crippen LogP contribution >= 0.6 is 11.8 Å². The van der Waals surface area contributed by atoms with Crippen molar-refractivity contribution in [3.8, 4) is 0 Å². The molecule has 0 unspecified atom stereocenters. The first-order valence-corrected chi connectivity index (χ1v) is 9.21. The minimum atomic E-state index is -0.786. The summed E-state index contributed by atoms with van der Waals surface area (Å²) in [5.74, 6) is 0.603. The van der Waals surface area contributed by atoms with Gasteiger partial charge in [0.2, 0.25) is 5.91 Å². The predicted molar refractivity (Wildman–Crippen MR) is 97.9 cm³/mol. The first-order chi connectivity index (χ1) is 11.7. The fourth-order valence-corrected chi connectivity index (χ4v) is 3.75. The van der Waals surface area contributed by atoms with Crippen molar-refractivity contribution in [3.05, 3.63) is 59.7 Å². The van der Waals surface area contributed by atoms with Crippen molar-refractivity contribution < 1.29 is 15.0 Å². The maximum atomic E-state index is 12.9. The Bertz CT molecular complexity index is 672. The third kappa shape index (κ3) is 3.64. The van der Waals surface area contributed by atoms with Gasteiger partial charge in [0.25, 0.3) is 0 Å². The number of nitrogens with zero attached hydrogens (tertiary/aromatic N) is 1. The lowest BCUT2D eigenvalue weighted by atomic mass is 10.0. The second-order valence-corrected chi connectivity index (χ2v) is 6.87. The van der Waals surface area contributed by atoms with Gasteiger partial charge in [-0.3, -0.25) is 9.69 Å². The third-order valence-electron chi connectivity index (χ3n) is 4.12. The van der Waals surface area contributed by atoms with E-state index in [9.17, 15) is 9.90 Å². The molecule has 2 N–H and O–H groups in total. The van der Waals surface area contributed by atoms with Crippen molar-refractivity contribution in [3.63, 3.8) is 0 Å². The maximum absolute atomic E-state index is 12.9. The topological polar surface area (TPSA) is 60.8 Å². The number of carbonyl (C=O) groups excluding carboxylic acids is 1. The average molecular weight is 343 g/mol. The first-order valence-electron chi connectivity index (χ1n) is 8.06. The van der Waals surface area contributed by atoms with E-state index in [-0.39, 0.29) is 18.3 Å². The Balaban J connectivity index is 1.89. The summed E-state index contributed by atoms with van der Waals surface area (Å²) < 4.78 is 0. The molecule has 1 heterocycles. The molecule has 3 rings (SSSR count). The molecule has 1 amide bonds. The van der Waals surface area contributed by atoms with Crippen LogP contribution in [-0.2, 0) is 17.6 Å². The standard InChI is InChI=1S/C19H21NO3S/c21-11-16(22)12-24-13-19(23)20-17-7-3-1-5-14(17)9-10-15-6-2-4-8-18(15)20/h1-8,16,21-22H,9-13H2/t16-/m1/s1. The van der Waals surface area contributed by atoms with Crippen LogP contribution in [0.1, 0.15) is 11.1 Å². The lowest BCUT2D eigenvalue weighted by molar-refractivity contribution is -0.115. The highest BCUT2D eigenvalue weighted by molar-refractivity contribution is 8.00. The summed E-state index contributed by atoms with van der Waals surface area (Å²) in [6.07, 6.45) is 1.03. The van der Waals surface area contributed by atoms with Crippen molar-refractivity contribution in [2.45, 2.75) is 18.9 Å². The summed E-state index contributed by atoms with van der Waals surface area (Å²) in [5.41, 5.74) is 4.22. The van der Waals surface area contributed by atoms with Gasteiger partial charge < -0.3 is 10.2 Å². The molecule has 0 saturated carbocycles. The third-order valence-corrected chi connectivity index (χ3v) is 5.20. The van der Waals surface area contributed by atoms with Gasteiger partial charge in [-0.15, -0.1) is 11.8 Å². The van der Waals surface area contributed by atoms with Crippen LogP contribution in [0.3, 0.4) is 0 Å². The van der Waals surface area contributed by atoms with Gasteiger partial charge in [-0.25, -0.2) is 0 Å². The molecule has 0 aliphatic carbocycles. The number of aryl methyl sites for hydroxylation is 2. The van der Waals surface area contributed by atoms with Crippen molar-refractivity contribution in [1.29, 1.82) is 0 Å². The summed E-state index contributed by atoms with van der Waals surface area (Å²) in [5, 5.41) is 18.3. The molecule has 0 fully saturated rings. The minimum Gasteiger partial charge on any atom is -0.394 e. The molecule has 2 aromatic carbocycles. The van der Waals surface area contributed by atoms with Crippen LogP contribution in [0.5, 0.6) is 0 Å². The lowest BCUT2D eigenvalue weighted by Crippen LogP contribution is -2.29. The molecule has 24 heavy (non-hydrogen) atoms. The number of hydrogen-bond donors (Lipinski definition) is 2. The number of hydrogen-bond acceptors (Lipinski definition) is 4. The van der Waals surface area contributed by atoms with E-state index in [4.69, 9.17) is 5.11 Å². The fourth-order valence-electron chi connectivity index (χ4n) is 2.95. The van der Waals surface area contributed by atoms with Crippen LogP contribution in [0.2, 0.25) is 0 Å². The number of aliphatic hydroxyl groups excluding tert-OH is 2. The fraction of sp³-hybridized carbons (Fsp3) is 0.316. The molecule has 1 aliphatic rings. The molecule has 0 saturated heterocycles. The number of amides is 1. The highest BCUT2D eigenvalue weighted by atomic mass is 32.2. The Morgan fingerprint density at radius 1 is 1.04 bits per heavy atom. The van der Waals surface area contributed by atoms with Gasteiger partial charge in [-0.1, -0.05) is 36.4 Å². The number of benzene rings is 2. The second kappa shape index (κ2) is 7.83. The zero-order chi connectivity index (χ0) is 16.9. The smallest absolute Gasteiger partial charge is 0.241 e. The van der Waals surface area contributed by atoms with Crippen LogP contribution in [0.25, 0.3) is 0 Å². The van der Waals surface area contributed by atoms with Crippen LogP contribution in [0.4, 0.5) is 11.4 Å². The van der Waals surface area contributed by atoms with E-state index < -0.39 is 6.10 Å². The van der Waals surface area contributed by atoms with Gasteiger partial charge in [0.15, 0.2) is 0 Å². The van der Waals surface area contributed by atoms with E-state index in [2.05, 4.69) is 12.1 Å². The van der Waals surface area contributed by atoms with Crippen molar-refractivity contribution in [2.75, 3.05) is 23.0 Å².